The van der Waals surface area contributed by atoms with E-state index >= 15 is 0 Å². The molecule has 0 spiro atoms. The number of aromatic nitrogens is 2. The van der Waals surface area contributed by atoms with E-state index in [4.69, 9.17) is 9.84 Å². The van der Waals surface area contributed by atoms with E-state index in [1.54, 1.807) is 11.0 Å². The molecule has 1 saturated heterocycles. The summed E-state index contributed by atoms with van der Waals surface area (Å²) in [5, 5.41) is 11.4. The Morgan fingerprint density at radius 1 is 1.47 bits per heavy atom. The normalized spacial score (nSPS) is 19.9. The topological polar surface area (TPSA) is 105 Å². The van der Waals surface area contributed by atoms with Crippen molar-refractivity contribution in [3.63, 3.8) is 0 Å². The van der Waals surface area contributed by atoms with E-state index in [-0.39, 0.29) is 24.9 Å². The number of rotatable bonds is 4. The summed E-state index contributed by atoms with van der Waals surface area (Å²) in [5.74, 6) is -1.07. The van der Waals surface area contributed by atoms with E-state index in [1.807, 2.05) is 0 Å². The predicted molar refractivity (Wildman–Crippen MR) is 64.5 cm³/mol. The number of carboxylic acid groups (broad SMARTS) is 1. The molecule has 8 heteroatoms. The maximum absolute atomic E-state index is 11.7. The number of aliphatic carboxylic acids is 1. The fourth-order valence-corrected chi connectivity index (χ4v) is 1.73. The molecule has 2 N–H and O–H groups in total. The lowest BCUT2D eigenvalue weighted by atomic mass is 10.2. The Labute approximate surface area is 109 Å². The van der Waals surface area contributed by atoms with Gasteiger partial charge in [-0.05, 0) is 6.07 Å². The van der Waals surface area contributed by atoms with Crippen molar-refractivity contribution in [2.75, 3.05) is 31.6 Å². The van der Waals surface area contributed by atoms with Crippen LogP contribution in [0.15, 0.2) is 18.5 Å². The average Bonchev–Trinajstić information content (AvgIpc) is 2.40. The first-order valence-corrected chi connectivity index (χ1v) is 5.79. The van der Waals surface area contributed by atoms with Crippen LogP contribution in [0, 0.1) is 0 Å². The van der Waals surface area contributed by atoms with E-state index < -0.39 is 12.1 Å². The van der Waals surface area contributed by atoms with Gasteiger partial charge in [0.2, 0.25) is 11.9 Å². The van der Waals surface area contributed by atoms with Gasteiger partial charge in [0.15, 0.2) is 6.10 Å². The second kappa shape index (κ2) is 6.21. The van der Waals surface area contributed by atoms with Gasteiger partial charge in [0.25, 0.3) is 0 Å². The molecule has 1 atom stereocenters. The molecular formula is C11H14N4O4. The van der Waals surface area contributed by atoms with Gasteiger partial charge in [-0.2, -0.15) is 0 Å². The zero-order chi connectivity index (χ0) is 13.7. The minimum absolute atomic E-state index is 0.0887. The van der Waals surface area contributed by atoms with Crippen molar-refractivity contribution in [1.29, 1.82) is 0 Å². The molecule has 1 aliphatic heterocycles. The molecule has 1 aromatic heterocycles. The highest BCUT2D eigenvalue weighted by molar-refractivity contribution is 5.90. The van der Waals surface area contributed by atoms with Crippen molar-refractivity contribution in [2.45, 2.75) is 6.10 Å². The van der Waals surface area contributed by atoms with Crippen molar-refractivity contribution < 1.29 is 19.4 Å². The predicted octanol–water partition coefficient (Wildman–Crippen LogP) is -0.799. The second-order valence-corrected chi connectivity index (χ2v) is 4.05. The van der Waals surface area contributed by atoms with Gasteiger partial charge in [-0.25, -0.2) is 14.8 Å². The first-order chi connectivity index (χ1) is 9.15. The standard InChI is InChI=1S/C11H14N4O4/c16-9(14-11-12-2-1-3-13-11)7-15-4-5-19-8(6-15)10(17)18/h1-3,8H,4-7H2,(H,17,18)(H,12,13,14,16). The maximum Gasteiger partial charge on any atom is 0.334 e. The third-order valence-electron chi connectivity index (χ3n) is 2.61. The van der Waals surface area contributed by atoms with Gasteiger partial charge in [-0.1, -0.05) is 0 Å². The number of carboxylic acids is 1. The van der Waals surface area contributed by atoms with Crippen LogP contribution in [-0.4, -0.2) is 64.2 Å². The molecule has 1 unspecified atom stereocenters. The number of carbonyl (C=O) groups is 2. The molecule has 0 saturated carbocycles. The minimum atomic E-state index is -1.02. The fourth-order valence-electron chi connectivity index (χ4n) is 1.73. The summed E-state index contributed by atoms with van der Waals surface area (Å²) in [6.07, 6.45) is 2.17. The van der Waals surface area contributed by atoms with Crippen LogP contribution < -0.4 is 5.32 Å². The highest BCUT2D eigenvalue weighted by Crippen LogP contribution is 2.05. The summed E-state index contributed by atoms with van der Waals surface area (Å²) < 4.78 is 5.07. The van der Waals surface area contributed by atoms with Crippen molar-refractivity contribution in [2.24, 2.45) is 0 Å². The SMILES string of the molecule is O=C(CN1CCOC(C(=O)O)C1)Nc1ncccn1. The van der Waals surface area contributed by atoms with Crippen LogP contribution in [-0.2, 0) is 14.3 Å². The highest BCUT2D eigenvalue weighted by Gasteiger charge is 2.27. The summed E-state index contributed by atoms with van der Waals surface area (Å²) in [6, 6.07) is 1.65. The van der Waals surface area contributed by atoms with Gasteiger partial charge in [0.05, 0.1) is 13.2 Å². The smallest absolute Gasteiger partial charge is 0.334 e. The van der Waals surface area contributed by atoms with E-state index in [0.717, 1.165) is 0 Å². The second-order valence-electron chi connectivity index (χ2n) is 4.05. The monoisotopic (exact) mass is 266 g/mol. The largest absolute Gasteiger partial charge is 0.479 e. The summed E-state index contributed by atoms with van der Waals surface area (Å²) >= 11 is 0. The molecule has 19 heavy (non-hydrogen) atoms. The molecule has 2 rings (SSSR count). The summed E-state index contributed by atoms with van der Waals surface area (Å²) in [4.78, 5) is 32.0. The van der Waals surface area contributed by atoms with Gasteiger partial charge < -0.3 is 9.84 Å². The van der Waals surface area contributed by atoms with Gasteiger partial charge in [0.1, 0.15) is 0 Å². The number of carbonyl (C=O) groups excluding carboxylic acids is 1. The van der Waals surface area contributed by atoms with Crippen LogP contribution in [0.1, 0.15) is 0 Å². The summed E-state index contributed by atoms with van der Waals surface area (Å²) in [7, 11) is 0. The molecule has 0 aliphatic carbocycles. The first-order valence-electron chi connectivity index (χ1n) is 5.79. The van der Waals surface area contributed by atoms with Gasteiger partial charge in [-0.3, -0.25) is 15.0 Å². The lowest BCUT2D eigenvalue weighted by Gasteiger charge is -2.29. The van der Waals surface area contributed by atoms with E-state index in [0.29, 0.717) is 13.2 Å². The van der Waals surface area contributed by atoms with Crippen molar-refractivity contribution >= 4 is 17.8 Å². The molecule has 0 aromatic carbocycles. The molecule has 1 fully saturated rings. The molecule has 0 radical (unpaired) electrons. The highest BCUT2D eigenvalue weighted by atomic mass is 16.5. The molecule has 1 aliphatic rings. The van der Waals surface area contributed by atoms with Gasteiger partial charge >= 0.3 is 5.97 Å². The maximum atomic E-state index is 11.7. The fraction of sp³-hybridized carbons (Fsp3) is 0.455. The molecule has 1 aromatic rings. The van der Waals surface area contributed by atoms with Crippen LogP contribution in [0.25, 0.3) is 0 Å². The molecule has 0 bridgehead atoms. The Morgan fingerprint density at radius 2 is 2.21 bits per heavy atom. The molecule has 8 nitrogen and oxygen atoms in total. The lowest BCUT2D eigenvalue weighted by molar-refractivity contribution is -0.156. The van der Waals surface area contributed by atoms with Crippen molar-refractivity contribution in [3.8, 4) is 0 Å². The Kier molecular flexibility index (Phi) is 4.37. The van der Waals surface area contributed by atoms with Crippen LogP contribution >= 0.6 is 0 Å². The quantitative estimate of drug-likeness (QED) is 0.735. The molecular weight excluding hydrogens is 252 g/mol. The van der Waals surface area contributed by atoms with Crippen molar-refractivity contribution in [3.05, 3.63) is 18.5 Å². The van der Waals surface area contributed by atoms with Crippen molar-refractivity contribution in [1.82, 2.24) is 14.9 Å². The summed E-state index contributed by atoms with van der Waals surface area (Å²) in [6.45, 7) is 1.10. The average molecular weight is 266 g/mol. The van der Waals surface area contributed by atoms with Crippen LogP contribution in [0.3, 0.4) is 0 Å². The number of nitrogens with zero attached hydrogens (tertiary/aromatic N) is 3. The Balaban J connectivity index is 1.83. The van der Waals surface area contributed by atoms with E-state index in [1.165, 1.54) is 12.4 Å². The zero-order valence-corrected chi connectivity index (χ0v) is 10.2. The van der Waals surface area contributed by atoms with Crippen LogP contribution in [0.2, 0.25) is 0 Å². The number of ether oxygens (including phenoxy) is 1. The first kappa shape index (κ1) is 13.4. The van der Waals surface area contributed by atoms with E-state index in [9.17, 15) is 9.59 Å². The molecule has 2 heterocycles. The molecule has 1 amide bonds. The number of hydrogen-bond acceptors (Lipinski definition) is 6. The van der Waals surface area contributed by atoms with E-state index in [2.05, 4.69) is 15.3 Å². The minimum Gasteiger partial charge on any atom is -0.479 e. The third-order valence-corrected chi connectivity index (χ3v) is 2.61. The van der Waals surface area contributed by atoms with Crippen LogP contribution in [0.4, 0.5) is 5.95 Å². The Hall–Kier alpha value is -2.06. The number of hydrogen-bond donors (Lipinski definition) is 2. The van der Waals surface area contributed by atoms with Gasteiger partial charge in [-0.15, -0.1) is 0 Å². The zero-order valence-electron chi connectivity index (χ0n) is 10.2. The summed E-state index contributed by atoms with van der Waals surface area (Å²) in [5.41, 5.74) is 0. The molecule has 102 valence electrons. The van der Waals surface area contributed by atoms with Gasteiger partial charge in [0, 0.05) is 25.5 Å². The number of morpholine rings is 1. The number of nitrogens with one attached hydrogen (secondary N) is 1. The Morgan fingerprint density at radius 3 is 2.89 bits per heavy atom. The Bertz CT molecular complexity index is 453. The lowest BCUT2D eigenvalue weighted by Crippen LogP contribution is -2.48. The number of anilines is 1. The van der Waals surface area contributed by atoms with Crippen LogP contribution in [0.5, 0.6) is 0 Å². The number of amides is 1. The third kappa shape index (κ3) is 3.97.